The summed E-state index contributed by atoms with van der Waals surface area (Å²) in [6.07, 6.45) is 2.83. The van der Waals surface area contributed by atoms with E-state index in [1.807, 2.05) is 35.6 Å². The molecule has 1 aromatic rings. The van der Waals surface area contributed by atoms with Gasteiger partial charge in [-0.15, -0.1) is 0 Å². The van der Waals surface area contributed by atoms with Crippen LogP contribution >= 0.6 is 15.9 Å². The Kier molecular flexibility index (Phi) is 3.58. The predicted octanol–water partition coefficient (Wildman–Crippen LogP) is 1.83. The lowest BCUT2D eigenvalue weighted by atomic mass is 10.1. The first-order valence-electron chi connectivity index (χ1n) is 5.96. The summed E-state index contributed by atoms with van der Waals surface area (Å²) in [5.41, 5.74) is 6.69. The van der Waals surface area contributed by atoms with Crippen molar-refractivity contribution >= 4 is 21.8 Å². The SMILES string of the molecule is CCn1cc(Br)cc1C(=O)N1CCC(N)C1C. The highest BCUT2D eigenvalue weighted by Crippen LogP contribution is 2.22. The maximum absolute atomic E-state index is 12.4. The number of hydrogen-bond acceptors (Lipinski definition) is 2. The molecule has 1 aromatic heterocycles. The van der Waals surface area contributed by atoms with Crippen LogP contribution in [0.3, 0.4) is 0 Å². The van der Waals surface area contributed by atoms with E-state index in [4.69, 9.17) is 5.73 Å². The van der Waals surface area contributed by atoms with Crippen LogP contribution in [0.4, 0.5) is 0 Å². The van der Waals surface area contributed by atoms with Gasteiger partial charge in [0.1, 0.15) is 5.69 Å². The summed E-state index contributed by atoms with van der Waals surface area (Å²) in [5.74, 6) is 0.0815. The van der Waals surface area contributed by atoms with E-state index in [1.165, 1.54) is 0 Å². The molecule has 17 heavy (non-hydrogen) atoms. The van der Waals surface area contributed by atoms with Crippen molar-refractivity contribution < 1.29 is 4.79 Å². The average Bonchev–Trinajstić information content (AvgIpc) is 2.83. The number of halogens is 1. The van der Waals surface area contributed by atoms with Crippen LogP contribution in [0, 0.1) is 0 Å². The third-order valence-electron chi connectivity index (χ3n) is 3.50. The molecule has 0 aromatic carbocycles. The number of amides is 1. The van der Waals surface area contributed by atoms with Crippen molar-refractivity contribution in [3.05, 3.63) is 22.4 Å². The third kappa shape index (κ3) is 2.26. The molecule has 94 valence electrons. The van der Waals surface area contributed by atoms with Crippen LogP contribution in [0.2, 0.25) is 0 Å². The first-order chi connectivity index (χ1) is 8.04. The largest absolute Gasteiger partial charge is 0.343 e. The molecule has 2 unspecified atom stereocenters. The summed E-state index contributed by atoms with van der Waals surface area (Å²) in [4.78, 5) is 14.3. The predicted molar refractivity (Wildman–Crippen MR) is 70.9 cm³/mol. The summed E-state index contributed by atoms with van der Waals surface area (Å²) in [7, 11) is 0. The zero-order valence-corrected chi connectivity index (χ0v) is 11.8. The molecule has 0 spiro atoms. The van der Waals surface area contributed by atoms with Gasteiger partial charge in [-0.1, -0.05) is 0 Å². The van der Waals surface area contributed by atoms with Gasteiger partial charge in [-0.2, -0.15) is 0 Å². The minimum absolute atomic E-state index is 0.0815. The number of hydrogen-bond donors (Lipinski definition) is 1. The quantitative estimate of drug-likeness (QED) is 0.906. The number of carbonyl (C=O) groups is 1. The fourth-order valence-corrected chi connectivity index (χ4v) is 2.78. The number of carbonyl (C=O) groups excluding carboxylic acids is 1. The Morgan fingerprint density at radius 2 is 2.35 bits per heavy atom. The van der Waals surface area contributed by atoms with E-state index < -0.39 is 0 Å². The van der Waals surface area contributed by atoms with E-state index in [9.17, 15) is 4.79 Å². The maximum atomic E-state index is 12.4. The van der Waals surface area contributed by atoms with Crippen LogP contribution in [0.5, 0.6) is 0 Å². The van der Waals surface area contributed by atoms with Gasteiger partial charge in [-0.3, -0.25) is 4.79 Å². The molecular weight excluding hydrogens is 282 g/mol. The highest BCUT2D eigenvalue weighted by molar-refractivity contribution is 9.10. The van der Waals surface area contributed by atoms with Crippen LogP contribution in [-0.2, 0) is 6.54 Å². The number of nitrogens with two attached hydrogens (primary N) is 1. The zero-order valence-electron chi connectivity index (χ0n) is 10.2. The van der Waals surface area contributed by atoms with Crippen LogP contribution in [0.15, 0.2) is 16.7 Å². The Balaban J connectivity index is 2.25. The third-order valence-corrected chi connectivity index (χ3v) is 3.93. The standard InChI is InChI=1S/C12H18BrN3O/c1-3-15-7-9(13)6-11(15)12(17)16-5-4-10(14)8(16)2/h6-8,10H,3-5,14H2,1-2H3. The molecule has 0 saturated carbocycles. The van der Waals surface area contributed by atoms with Crippen molar-refractivity contribution in [1.29, 1.82) is 0 Å². The number of rotatable bonds is 2. The summed E-state index contributed by atoms with van der Waals surface area (Å²) in [5, 5.41) is 0. The van der Waals surface area contributed by atoms with Crippen molar-refractivity contribution in [3.63, 3.8) is 0 Å². The summed E-state index contributed by atoms with van der Waals surface area (Å²) >= 11 is 3.41. The monoisotopic (exact) mass is 299 g/mol. The zero-order chi connectivity index (χ0) is 12.6. The van der Waals surface area contributed by atoms with Crippen molar-refractivity contribution in [2.24, 2.45) is 5.73 Å². The molecule has 2 rings (SSSR count). The molecule has 0 radical (unpaired) electrons. The second kappa shape index (κ2) is 4.82. The highest BCUT2D eigenvalue weighted by atomic mass is 79.9. The second-order valence-electron chi connectivity index (χ2n) is 4.52. The van der Waals surface area contributed by atoms with Crippen molar-refractivity contribution in [2.75, 3.05) is 6.54 Å². The lowest BCUT2D eigenvalue weighted by Crippen LogP contribution is -2.41. The van der Waals surface area contributed by atoms with Crippen LogP contribution < -0.4 is 5.73 Å². The molecule has 0 bridgehead atoms. The first-order valence-corrected chi connectivity index (χ1v) is 6.76. The lowest BCUT2D eigenvalue weighted by molar-refractivity contribution is 0.0731. The van der Waals surface area contributed by atoms with Gasteiger partial charge in [0.05, 0.1) is 0 Å². The molecular formula is C12H18BrN3O. The second-order valence-corrected chi connectivity index (χ2v) is 5.44. The Morgan fingerprint density at radius 1 is 1.65 bits per heavy atom. The smallest absolute Gasteiger partial charge is 0.270 e. The minimum Gasteiger partial charge on any atom is -0.343 e. The molecule has 1 aliphatic rings. The molecule has 5 heteroatoms. The van der Waals surface area contributed by atoms with E-state index in [1.54, 1.807) is 0 Å². The van der Waals surface area contributed by atoms with Crippen molar-refractivity contribution in [3.8, 4) is 0 Å². The van der Waals surface area contributed by atoms with Crippen molar-refractivity contribution in [1.82, 2.24) is 9.47 Å². The lowest BCUT2D eigenvalue weighted by Gasteiger charge is -2.23. The van der Waals surface area contributed by atoms with Gasteiger partial charge >= 0.3 is 0 Å². The molecule has 1 aliphatic heterocycles. The molecule has 2 atom stereocenters. The van der Waals surface area contributed by atoms with Gasteiger partial charge in [-0.05, 0) is 42.3 Å². The molecule has 4 nitrogen and oxygen atoms in total. The molecule has 2 heterocycles. The molecule has 1 fully saturated rings. The van der Waals surface area contributed by atoms with E-state index in [0.29, 0.717) is 0 Å². The average molecular weight is 300 g/mol. The van der Waals surface area contributed by atoms with Crippen molar-refractivity contribution in [2.45, 2.75) is 38.9 Å². The van der Waals surface area contributed by atoms with Gasteiger partial charge in [0.15, 0.2) is 0 Å². The van der Waals surface area contributed by atoms with E-state index in [2.05, 4.69) is 15.9 Å². The van der Waals surface area contributed by atoms with Gasteiger partial charge in [0, 0.05) is 35.8 Å². The molecule has 1 amide bonds. The normalized spacial score (nSPS) is 24.4. The van der Waals surface area contributed by atoms with Crippen LogP contribution in [-0.4, -0.2) is 34.0 Å². The fraction of sp³-hybridized carbons (Fsp3) is 0.583. The van der Waals surface area contributed by atoms with E-state index in [-0.39, 0.29) is 18.0 Å². The Hall–Kier alpha value is -0.810. The minimum atomic E-state index is 0.0815. The van der Waals surface area contributed by atoms with Crippen LogP contribution in [0.1, 0.15) is 30.8 Å². The number of aromatic nitrogens is 1. The summed E-state index contributed by atoms with van der Waals surface area (Å²) in [6.45, 7) is 5.60. The van der Waals surface area contributed by atoms with E-state index in [0.717, 1.165) is 29.7 Å². The number of nitrogens with zero attached hydrogens (tertiary/aromatic N) is 2. The number of likely N-dealkylation sites (tertiary alicyclic amines) is 1. The highest BCUT2D eigenvalue weighted by Gasteiger charge is 2.33. The molecule has 1 saturated heterocycles. The molecule has 2 N–H and O–H groups in total. The van der Waals surface area contributed by atoms with E-state index >= 15 is 0 Å². The maximum Gasteiger partial charge on any atom is 0.270 e. The first kappa shape index (κ1) is 12.6. The Morgan fingerprint density at radius 3 is 2.88 bits per heavy atom. The molecule has 0 aliphatic carbocycles. The Bertz CT molecular complexity index is 429. The van der Waals surface area contributed by atoms with Gasteiger partial charge in [0.2, 0.25) is 0 Å². The van der Waals surface area contributed by atoms with Crippen LogP contribution in [0.25, 0.3) is 0 Å². The van der Waals surface area contributed by atoms with Gasteiger partial charge < -0.3 is 15.2 Å². The fourth-order valence-electron chi connectivity index (χ4n) is 2.31. The summed E-state index contributed by atoms with van der Waals surface area (Å²) in [6, 6.07) is 2.11. The number of aryl methyl sites for hydroxylation is 1. The van der Waals surface area contributed by atoms with Gasteiger partial charge in [-0.25, -0.2) is 0 Å². The summed E-state index contributed by atoms with van der Waals surface area (Å²) < 4.78 is 2.90. The van der Waals surface area contributed by atoms with Gasteiger partial charge in [0.25, 0.3) is 5.91 Å². The Labute approximate surface area is 110 Å². The topological polar surface area (TPSA) is 51.3 Å².